The highest BCUT2D eigenvalue weighted by molar-refractivity contribution is 5.90. The van der Waals surface area contributed by atoms with E-state index in [1.54, 1.807) is 43.5 Å². The van der Waals surface area contributed by atoms with E-state index in [9.17, 15) is 15.4 Å². The van der Waals surface area contributed by atoms with E-state index in [0.29, 0.717) is 22.9 Å². The van der Waals surface area contributed by atoms with Gasteiger partial charge in [-0.1, -0.05) is 12.1 Å². The maximum Gasteiger partial charge on any atom is 0.287 e. The van der Waals surface area contributed by atoms with Crippen molar-refractivity contribution in [3.63, 3.8) is 0 Å². The fourth-order valence-corrected chi connectivity index (χ4v) is 2.86. The van der Waals surface area contributed by atoms with E-state index in [4.69, 9.17) is 9.47 Å². The molecular weight excluding hydrogens is 398 g/mol. The third kappa shape index (κ3) is 4.33. The van der Waals surface area contributed by atoms with Crippen LogP contribution in [0.4, 0.5) is 5.69 Å². The van der Waals surface area contributed by atoms with Crippen LogP contribution in [0.25, 0.3) is 22.7 Å². The molecule has 0 unspecified atom stereocenters. The van der Waals surface area contributed by atoms with Gasteiger partial charge in [-0.3, -0.25) is 10.1 Å². The number of nitrogens with one attached hydrogen (secondary N) is 1. The zero-order chi connectivity index (χ0) is 21.8. The zero-order valence-corrected chi connectivity index (χ0v) is 16.3. The monoisotopic (exact) mass is 413 g/mol. The molecule has 2 aromatic carbocycles. The number of hydrogen-bond acceptors (Lipinski definition) is 7. The topological polar surface area (TPSA) is 127 Å². The molecule has 0 fully saturated rings. The van der Waals surface area contributed by atoms with Gasteiger partial charge in [0.15, 0.2) is 0 Å². The first-order valence-electron chi connectivity index (χ1n) is 9.10. The van der Waals surface area contributed by atoms with Crippen molar-refractivity contribution in [3.8, 4) is 23.4 Å². The number of hydrogen-bond donors (Lipinski definition) is 1. The predicted octanol–water partition coefficient (Wildman–Crippen LogP) is 4.73. The number of ether oxygens (including phenoxy) is 2. The number of nitrogens with zero attached hydrogens (tertiary/aromatic N) is 4. The lowest BCUT2D eigenvalue weighted by Crippen LogP contribution is -1.91. The predicted molar refractivity (Wildman–Crippen MR) is 114 cm³/mol. The molecule has 9 nitrogen and oxygen atoms in total. The van der Waals surface area contributed by atoms with E-state index in [2.05, 4.69) is 21.0 Å². The summed E-state index contributed by atoms with van der Waals surface area (Å²) in [6.45, 7) is 0. The number of H-pyrrole nitrogens is 1. The maximum absolute atomic E-state index is 10.7. The zero-order valence-electron chi connectivity index (χ0n) is 16.3. The number of rotatable bonds is 6. The number of aromatic nitrogens is 3. The lowest BCUT2D eigenvalue weighted by atomic mass is 10.1. The largest absolute Gasteiger partial charge is 0.497 e. The lowest BCUT2D eigenvalue weighted by Gasteiger charge is -2.04. The molecule has 0 bridgehead atoms. The van der Waals surface area contributed by atoms with E-state index in [1.165, 1.54) is 12.1 Å². The van der Waals surface area contributed by atoms with E-state index in [0.717, 1.165) is 22.8 Å². The highest BCUT2D eigenvalue weighted by Crippen LogP contribution is 2.25. The standard InChI is InChI=1S/C22H15N5O4/c1-30-18-7-8-19-20(11-18)26-22(25-19)15(12-23)10-14-2-5-17(6-3-14)31-21-9-4-16(13-24-21)27(28)29/h2-11,13H,1H3,(H,25,26)/b15-10+. The summed E-state index contributed by atoms with van der Waals surface area (Å²) in [5.41, 5.74) is 2.55. The molecule has 9 heteroatoms. The van der Waals surface area contributed by atoms with Crippen molar-refractivity contribution < 1.29 is 14.4 Å². The first-order valence-corrected chi connectivity index (χ1v) is 9.10. The molecule has 0 saturated heterocycles. The summed E-state index contributed by atoms with van der Waals surface area (Å²) >= 11 is 0. The van der Waals surface area contributed by atoms with Gasteiger partial charge < -0.3 is 14.5 Å². The average molecular weight is 413 g/mol. The number of nitro groups is 1. The molecule has 0 aliphatic rings. The van der Waals surface area contributed by atoms with Gasteiger partial charge in [-0.25, -0.2) is 9.97 Å². The molecule has 0 spiro atoms. The summed E-state index contributed by atoms with van der Waals surface area (Å²) in [5, 5.41) is 20.3. The van der Waals surface area contributed by atoms with Crippen LogP contribution in [-0.2, 0) is 0 Å². The fraction of sp³-hybridized carbons (Fsp3) is 0.0455. The number of allylic oxidation sites excluding steroid dienone is 1. The molecule has 0 atom stereocenters. The summed E-state index contributed by atoms with van der Waals surface area (Å²) < 4.78 is 10.8. The fourth-order valence-electron chi connectivity index (χ4n) is 2.86. The molecule has 4 rings (SSSR count). The average Bonchev–Trinajstić information content (AvgIpc) is 3.22. The Morgan fingerprint density at radius 1 is 1.16 bits per heavy atom. The number of methoxy groups -OCH3 is 1. The second-order valence-corrected chi connectivity index (χ2v) is 6.42. The van der Waals surface area contributed by atoms with Gasteiger partial charge in [0.25, 0.3) is 5.69 Å². The summed E-state index contributed by atoms with van der Waals surface area (Å²) in [7, 11) is 1.59. The minimum absolute atomic E-state index is 0.110. The van der Waals surface area contributed by atoms with Crippen molar-refractivity contribution in [1.82, 2.24) is 15.0 Å². The number of imidazole rings is 1. The molecule has 0 saturated carbocycles. The van der Waals surface area contributed by atoms with Crippen LogP contribution in [0.2, 0.25) is 0 Å². The summed E-state index contributed by atoms with van der Waals surface area (Å²) in [4.78, 5) is 21.7. The van der Waals surface area contributed by atoms with Crippen LogP contribution in [0.1, 0.15) is 11.4 Å². The molecule has 4 aromatic rings. The summed E-state index contributed by atoms with van der Waals surface area (Å²) in [6.07, 6.45) is 2.84. The highest BCUT2D eigenvalue weighted by atomic mass is 16.6. The number of fused-ring (bicyclic) bond motifs is 1. The second-order valence-electron chi connectivity index (χ2n) is 6.42. The lowest BCUT2D eigenvalue weighted by molar-refractivity contribution is -0.385. The minimum Gasteiger partial charge on any atom is -0.497 e. The number of benzene rings is 2. The first-order chi connectivity index (χ1) is 15.1. The Labute approximate surface area is 176 Å². The van der Waals surface area contributed by atoms with Crippen LogP contribution in [0.3, 0.4) is 0 Å². The number of aromatic amines is 1. The maximum atomic E-state index is 10.7. The van der Waals surface area contributed by atoms with Gasteiger partial charge in [-0.05, 0) is 35.9 Å². The van der Waals surface area contributed by atoms with Crippen LogP contribution < -0.4 is 9.47 Å². The van der Waals surface area contributed by atoms with E-state index >= 15 is 0 Å². The Morgan fingerprint density at radius 3 is 2.58 bits per heavy atom. The van der Waals surface area contributed by atoms with Crippen LogP contribution in [0.5, 0.6) is 17.4 Å². The Bertz CT molecular complexity index is 1320. The minimum atomic E-state index is -0.525. The van der Waals surface area contributed by atoms with Crippen LogP contribution in [0, 0.1) is 21.4 Å². The van der Waals surface area contributed by atoms with Crippen molar-refractivity contribution in [3.05, 3.63) is 82.3 Å². The van der Waals surface area contributed by atoms with Crippen LogP contribution in [-0.4, -0.2) is 27.0 Å². The Balaban J connectivity index is 1.53. The summed E-state index contributed by atoms with van der Waals surface area (Å²) in [6, 6.07) is 17.4. The van der Waals surface area contributed by atoms with Crippen molar-refractivity contribution >= 4 is 28.4 Å². The van der Waals surface area contributed by atoms with Gasteiger partial charge >= 0.3 is 0 Å². The number of pyridine rings is 1. The second kappa shape index (κ2) is 8.34. The highest BCUT2D eigenvalue weighted by Gasteiger charge is 2.10. The SMILES string of the molecule is COc1ccc2nc(/C(C#N)=C/c3ccc(Oc4ccc([N+](=O)[O-])cn4)cc3)[nH]c2c1. The van der Waals surface area contributed by atoms with Gasteiger partial charge in [0.05, 0.1) is 28.6 Å². The smallest absolute Gasteiger partial charge is 0.287 e. The van der Waals surface area contributed by atoms with Gasteiger partial charge in [-0.15, -0.1) is 0 Å². The molecule has 0 aliphatic heterocycles. The molecule has 0 radical (unpaired) electrons. The van der Waals surface area contributed by atoms with Crippen LogP contribution >= 0.6 is 0 Å². The summed E-state index contributed by atoms with van der Waals surface area (Å²) in [5.74, 6) is 1.90. The normalized spacial score (nSPS) is 11.2. The first kappa shape index (κ1) is 19.6. The van der Waals surface area contributed by atoms with Crippen molar-refractivity contribution in [2.24, 2.45) is 0 Å². The van der Waals surface area contributed by atoms with Crippen LogP contribution in [0.15, 0.2) is 60.8 Å². The van der Waals surface area contributed by atoms with Crippen molar-refractivity contribution in [2.45, 2.75) is 0 Å². The Morgan fingerprint density at radius 2 is 1.94 bits per heavy atom. The van der Waals surface area contributed by atoms with Crippen molar-refractivity contribution in [2.75, 3.05) is 7.11 Å². The molecule has 2 heterocycles. The third-order valence-electron chi connectivity index (χ3n) is 4.41. The third-order valence-corrected chi connectivity index (χ3v) is 4.41. The van der Waals surface area contributed by atoms with Crippen molar-refractivity contribution in [1.29, 1.82) is 5.26 Å². The molecule has 0 amide bonds. The van der Waals surface area contributed by atoms with Gasteiger partial charge in [0.1, 0.15) is 29.6 Å². The molecule has 152 valence electrons. The molecule has 2 aromatic heterocycles. The molecular formula is C22H15N5O4. The Hall–Kier alpha value is -4.71. The Kier molecular flexibility index (Phi) is 5.27. The number of nitriles is 1. The van der Waals surface area contributed by atoms with Gasteiger partial charge in [-0.2, -0.15) is 5.26 Å². The van der Waals surface area contributed by atoms with Gasteiger partial charge in [0.2, 0.25) is 5.88 Å². The van der Waals surface area contributed by atoms with Gasteiger partial charge in [0, 0.05) is 18.2 Å². The molecule has 31 heavy (non-hydrogen) atoms. The van der Waals surface area contributed by atoms with E-state index in [-0.39, 0.29) is 11.6 Å². The molecule has 1 N–H and O–H groups in total. The van der Waals surface area contributed by atoms with E-state index < -0.39 is 4.92 Å². The quantitative estimate of drug-likeness (QED) is 0.275. The molecule has 0 aliphatic carbocycles. The van der Waals surface area contributed by atoms with E-state index in [1.807, 2.05) is 12.1 Å².